The molecular formula is C16H19ClN4O2. The second-order valence-corrected chi connectivity index (χ2v) is 6.62. The van der Waals surface area contributed by atoms with Gasteiger partial charge in [-0.05, 0) is 25.0 Å². The molecule has 2 fully saturated rings. The minimum Gasteiger partial charge on any atom is -0.391 e. The maximum absolute atomic E-state index is 9.77. The summed E-state index contributed by atoms with van der Waals surface area (Å²) in [5.74, 6) is 0.634. The van der Waals surface area contributed by atoms with Gasteiger partial charge in [0.2, 0.25) is 0 Å². The number of halogens is 1. The summed E-state index contributed by atoms with van der Waals surface area (Å²) in [5, 5.41) is 19.8. The molecular weight excluding hydrogens is 316 g/mol. The lowest BCUT2D eigenvalue weighted by atomic mass is 10.2. The van der Waals surface area contributed by atoms with Gasteiger partial charge in [0, 0.05) is 26.2 Å². The van der Waals surface area contributed by atoms with Gasteiger partial charge < -0.3 is 20.0 Å². The molecule has 2 aliphatic rings. The first-order valence-corrected chi connectivity index (χ1v) is 8.32. The third-order valence-corrected chi connectivity index (χ3v) is 4.83. The normalized spacial score (nSPS) is 24.8. The predicted octanol–water partition coefficient (Wildman–Crippen LogP) is 1.43. The zero-order valence-corrected chi connectivity index (χ0v) is 13.4. The molecule has 0 saturated carbocycles. The molecule has 0 radical (unpaired) electrons. The zero-order valence-electron chi connectivity index (χ0n) is 12.7. The maximum atomic E-state index is 9.77. The molecule has 0 unspecified atom stereocenters. The molecule has 23 heavy (non-hydrogen) atoms. The van der Waals surface area contributed by atoms with Gasteiger partial charge in [0.05, 0.1) is 23.4 Å². The Hall–Kier alpha value is -1.63. The minimum absolute atomic E-state index is 0.293. The number of β-amino-alcohol motifs (C(OH)–C–C–N with tert-alkyl or cyclic N) is 2. The molecule has 0 amide bonds. The molecule has 2 atom stereocenters. The first kappa shape index (κ1) is 14.9. The molecule has 122 valence electrons. The summed E-state index contributed by atoms with van der Waals surface area (Å²) in [6, 6.07) is 5.86. The fraction of sp³-hybridized carbons (Fsp3) is 0.500. The van der Waals surface area contributed by atoms with Crippen molar-refractivity contribution in [2.75, 3.05) is 36.0 Å². The van der Waals surface area contributed by atoms with Crippen molar-refractivity contribution in [3.8, 4) is 0 Å². The second kappa shape index (κ2) is 5.78. The third-order valence-electron chi connectivity index (χ3n) is 4.58. The van der Waals surface area contributed by atoms with Gasteiger partial charge >= 0.3 is 0 Å². The largest absolute Gasteiger partial charge is 0.391 e. The molecule has 4 rings (SSSR count). The number of aliphatic hydroxyl groups excluding tert-OH is 2. The first-order chi connectivity index (χ1) is 11.1. The van der Waals surface area contributed by atoms with Crippen LogP contribution in [0.5, 0.6) is 0 Å². The highest BCUT2D eigenvalue weighted by Crippen LogP contribution is 2.32. The van der Waals surface area contributed by atoms with Crippen LogP contribution < -0.4 is 9.80 Å². The monoisotopic (exact) mass is 334 g/mol. The number of anilines is 2. The molecule has 2 N–H and O–H groups in total. The third kappa shape index (κ3) is 2.71. The number of benzene rings is 1. The van der Waals surface area contributed by atoms with E-state index in [-0.39, 0.29) is 12.2 Å². The maximum Gasteiger partial charge on any atom is 0.172 e. The highest BCUT2D eigenvalue weighted by molar-refractivity contribution is 6.32. The van der Waals surface area contributed by atoms with E-state index in [4.69, 9.17) is 11.6 Å². The number of nitrogens with zero attached hydrogens (tertiary/aromatic N) is 4. The van der Waals surface area contributed by atoms with E-state index >= 15 is 0 Å². The quantitative estimate of drug-likeness (QED) is 0.865. The topological polar surface area (TPSA) is 72.7 Å². The second-order valence-electron chi connectivity index (χ2n) is 6.26. The van der Waals surface area contributed by atoms with Gasteiger partial charge in [-0.3, -0.25) is 0 Å². The van der Waals surface area contributed by atoms with Crippen LogP contribution in [0.25, 0.3) is 11.0 Å². The molecule has 3 heterocycles. The van der Waals surface area contributed by atoms with E-state index in [2.05, 4.69) is 14.9 Å². The van der Waals surface area contributed by atoms with Gasteiger partial charge in [-0.1, -0.05) is 17.7 Å². The molecule has 1 aromatic carbocycles. The predicted molar refractivity (Wildman–Crippen MR) is 90.2 cm³/mol. The Morgan fingerprint density at radius 3 is 2.35 bits per heavy atom. The van der Waals surface area contributed by atoms with Crippen LogP contribution >= 0.6 is 11.6 Å². The summed E-state index contributed by atoms with van der Waals surface area (Å²) in [7, 11) is 0. The molecule has 0 bridgehead atoms. The fourth-order valence-electron chi connectivity index (χ4n) is 3.38. The van der Waals surface area contributed by atoms with Gasteiger partial charge in [0.15, 0.2) is 11.0 Å². The SMILES string of the molecule is O[C@@H]1CCN(c2nc3cccc(N4CC[C@@H](O)C4)c3nc2Cl)C1. The Labute approximate surface area is 139 Å². The van der Waals surface area contributed by atoms with Crippen LogP contribution in [0, 0.1) is 0 Å². The van der Waals surface area contributed by atoms with E-state index < -0.39 is 0 Å². The van der Waals surface area contributed by atoms with Crippen LogP contribution in [0.2, 0.25) is 5.15 Å². The standard InChI is InChI=1S/C16H19ClN4O2/c17-15-16(21-7-5-11(23)9-21)18-12-2-1-3-13(14(12)19-15)20-6-4-10(22)8-20/h1-3,10-11,22-23H,4-9H2/t10-,11-/m1/s1. The van der Waals surface area contributed by atoms with Crippen molar-refractivity contribution in [1.29, 1.82) is 0 Å². The number of aliphatic hydroxyl groups is 2. The van der Waals surface area contributed by atoms with Gasteiger partial charge in [0.25, 0.3) is 0 Å². The van der Waals surface area contributed by atoms with Crippen LogP contribution in [0.1, 0.15) is 12.8 Å². The van der Waals surface area contributed by atoms with Crippen LogP contribution in [-0.2, 0) is 0 Å². The lowest BCUT2D eigenvalue weighted by molar-refractivity contribution is 0.198. The number of hydrogen-bond acceptors (Lipinski definition) is 6. The number of para-hydroxylation sites is 1. The Morgan fingerprint density at radius 1 is 1.00 bits per heavy atom. The summed E-state index contributed by atoms with van der Waals surface area (Å²) in [6.07, 6.45) is 0.864. The molecule has 0 aliphatic carbocycles. The lowest BCUT2D eigenvalue weighted by Crippen LogP contribution is -2.24. The summed E-state index contributed by atoms with van der Waals surface area (Å²) < 4.78 is 0. The van der Waals surface area contributed by atoms with Crippen molar-refractivity contribution in [3.63, 3.8) is 0 Å². The summed E-state index contributed by atoms with van der Waals surface area (Å²) in [4.78, 5) is 13.3. The molecule has 0 spiro atoms. The van der Waals surface area contributed by atoms with E-state index in [1.54, 1.807) is 0 Å². The molecule has 2 saturated heterocycles. The average Bonchev–Trinajstić information content (AvgIpc) is 3.15. The average molecular weight is 335 g/mol. The number of rotatable bonds is 2. The summed E-state index contributed by atoms with van der Waals surface area (Å²) >= 11 is 6.37. The summed E-state index contributed by atoms with van der Waals surface area (Å²) in [6.45, 7) is 2.69. The Bertz CT molecular complexity index is 741. The van der Waals surface area contributed by atoms with Crippen molar-refractivity contribution >= 4 is 34.1 Å². The van der Waals surface area contributed by atoms with Gasteiger partial charge in [0.1, 0.15) is 5.52 Å². The Morgan fingerprint density at radius 2 is 1.70 bits per heavy atom. The molecule has 1 aromatic heterocycles. The van der Waals surface area contributed by atoms with Gasteiger partial charge in [-0.2, -0.15) is 0 Å². The van der Waals surface area contributed by atoms with E-state index in [1.807, 2.05) is 23.1 Å². The molecule has 6 nitrogen and oxygen atoms in total. The molecule has 2 aromatic rings. The van der Waals surface area contributed by atoms with Gasteiger partial charge in [-0.25, -0.2) is 9.97 Å². The highest BCUT2D eigenvalue weighted by atomic mass is 35.5. The van der Waals surface area contributed by atoms with Gasteiger partial charge in [-0.15, -0.1) is 0 Å². The smallest absolute Gasteiger partial charge is 0.172 e. The Balaban J connectivity index is 1.75. The lowest BCUT2D eigenvalue weighted by Gasteiger charge is -2.21. The minimum atomic E-state index is -0.332. The number of aromatic nitrogens is 2. The summed E-state index contributed by atoms with van der Waals surface area (Å²) in [5.41, 5.74) is 2.50. The van der Waals surface area contributed by atoms with Crippen molar-refractivity contribution in [1.82, 2.24) is 9.97 Å². The van der Waals surface area contributed by atoms with E-state index in [1.165, 1.54) is 0 Å². The highest BCUT2D eigenvalue weighted by Gasteiger charge is 2.26. The van der Waals surface area contributed by atoms with Crippen LogP contribution in [0.3, 0.4) is 0 Å². The van der Waals surface area contributed by atoms with Crippen molar-refractivity contribution in [2.45, 2.75) is 25.0 Å². The van der Waals surface area contributed by atoms with Crippen LogP contribution in [0.15, 0.2) is 18.2 Å². The van der Waals surface area contributed by atoms with Crippen LogP contribution in [0.4, 0.5) is 11.5 Å². The Kier molecular flexibility index (Phi) is 3.75. The fourth-order valence-corrected chi connectivity index (χ4v) is 3.63. The van der Waals surface area contributed by atoms with Crippen LogP contribution in [-0.4, -0.2) is 58.6 Å². The van der Waals surface area contributed by atoms with Crippen molar-refractivity contribution in [2.24, 2.45) is 0 Å². The molecule has 7 heteroatoms. The number of hydrogen-bond donors (Lipinski definition) is 2. The number of fused-ring (bicyclic) bond motifs is 1. The molecule has 2 aliphatic heterocycles. The van der Waals surface area contributed by atoms with E-state index in [9.17, 15) is 10.2 Å². The van der Waals surface area contributed by atoms with Crippen molar-refractivity contribution < 1.29 is 10.2 Å². The zero-order chi connectivity index (χ0) is 16.0. The first-order valence-electron chi connectivity index (χ1n) is 7.94. The van der Waals surface area contributed by atoms with Crippen molar-refractivity contribution in [3.05, 3.63) is 23.4 Å². The van der Waals surface area contributed by atoms with E-state index in [0.29, 0.717) is 24.1 Å². The van der Waals surface area contributed by atoms with E-state index in [0.717, 1.165) is 42.7 Å².